The molecule has 1 aliphatic rings. The van der Waals surface area contributed by atoms with Crippen molar-refractivity contribution in [2.24, 2.45) is 0 Å². The molecule has 2 N–H and O–H groups in total. The van der Waals surface area contributed by atoms with Crippen molar-refractivity contribution >= 4 is 40.7 Å². The Labute approximate surface area is 176 Å². The van der Waals surface area contributed by atoms with Crippen molar-refractivity contribution in [3.05, 3.63) is 69.9 Å². The molecule has 26 heavy (non-hydrogen) atoms. The first-order chi connectivity index (χ1) is 11.7. The van der Waals surface area contributed by atoms with Gasteiger partial charge in [-0.15, -0.1) is 24.8 Å². The maximum atomic E-state index is 13.3. The summed E-state index contributed by atoms with van der Waals surface area (Å²) in [4.78, 5) is 0. The standard InChI is InChI=1S/C20H24BrFN2.2ClH/c21-17-10-8-15(9-11-17)13-23-19-6-1-2-7-20(19)24-14-16-4-3-5-18(22)12-16;;/h3-5,8-12,19-20,23-24H,1-2,6-7,13-14H2;2*1H. The molecule has 2 aromatic carbocycles. The fraction of sp³-hybridized carbons (Fsp3) is 0.400. The van der Waals surface area contributed by atoms with E-state index in [-0.39, 0.29) is 30.6 Å². The predicted molar refractivity (Wildman–Crippen MR) is 115 cm³/mol. The van der Waals surface area contributed by atoms with E-state index in [0.29, 0.717) is 12.1 Å². The molecule has 2 unspecified atom stereocenters. The Morgan fingerprint density at radius 2 is 1.42 bits per heavy atom. The molecule has 1 aliphatic carbocycles. The van der Waals surface area contributed by atoms with E-state index >= 15 is 0 Å². The first-order valence-electron chi connectivity index (χ1n) is 8.66. The molecule has 0 aromatic heterocycles. The van der Waals surface area contributed by atoms with E-state index in [1.807, 2.05) is 6.07 Å². The molecule has 0 radical (unpaired) electrons. The van der Waals surface area contributed by atoms with Crippen molar-refractivity contribution in [1.29, 1.82) is 0 Å². The number of rotatable bonds is 6. The van der Waals surface area contributed by atoms with Crippen molar-refractivity contribution in [2.75, 3.05) is 0 Å². The van der Waals surface area contributed by atoms with Crippen LogP contribution in [0.15, 0.2) is 53.0 Å². The Kier molecular flexibility index (Phi) is 10.7. The van der Waals surface area contributed by atoms with Gasteiger partial charge in [-0.05, 0) is 48.2 Å². The zero-order valence-electron chi connectivity index (χ0n) is 14.6. The summed E-state index contributed by atoms with van der Waals surface area (Å²) in [5, 5.41) is 7.33. The van der Waals surface area contributed by atoms with Gasteiger partial charge in [0.2, 0.25) is 0 Å². The lowest BCUT2D eigenvalue weighted by atomic mass is 9.90. The van der Waals surface area contributed by atoms with Gasteiger partial charge < -0.3 is 10.6 Å². The summed E-state index contributed by atoms with van der Waals surface area (Å²) in [6, 6.07) is 16.2. The quantitative estimate of drug-likeness (QED) is 0.580. The zero-order chi connectivity index (χ0) is 16.8. The highest BCUT2D eigenvalue weighted by molar-refractivity contribution is 9.10. The van der Waals surface area contributed by atoms with E-state index in [2.05, 4.69) is 50.8 Å². The largest absolute Gasteiger partial charge is 0.308 e. The number of halogens is 4. The summed E-state index contributed by atoms with van der Waals surface area (Å²) in [6.45, 7) is 1.61. The molecule has 0 aliphatic heterocycles. The van der Waals surface area contributed by atoms with Gasteiger partial charge in [0, 0.05) is 29.6 Å². The average Bonchev–Trinajstić information content (AvgIpc) is 2.60. The summed E-state index contributed by atoms with van der Waals surface area (Å²) in [6.07, 6.45) is 4.90. The van der Waals surface area contributed by atoms with Crippen LogP contribution in [0.5, 0.6) is 0 Å². The van der Waals surface area contributed by atoms with Gasteiger partial charge in [-0.3, -0.25) is 0 Å². The summed E-state index contributed by atoms with van der Waals surface area (Å²) in [5.41, 5.74) is 2.31. The van der Waals surface area contributed by atoms with Crippen LogP contribution >= 0.6 is 40.7 Å². The van der Waals surface area contributed by atoms with E-state index in [0.717, 1.165) is 23.1 Å². The molecule has 0 bridgehead atoms. The minimum atomic E-state index is -0.164. The van der Waals surface area contributed by atoms with Crippen molar-refractivity contribution < 1.29 is 4.39 Å². The number of hydrogen-bond acceptors (Lipinski definition) is 2. The third-order valence-electron chi connectivity index (χ3n) is 4.70. The Hall–Kier alpha value is -0.650. The second kappa shape index (κ2) is 11.9. The van der Waals surface area contributed by atoms with Gasteiger partial charge in [-0.1, -0.05) is 53.0 Å². The molecule has 0 heterocycles. The van der Waals surface area contributed by atoms with Gasteiger partial charge in [0.05, 0.1) is 0 Å². The molecule has 2 nitrogen and oxygen atoms in total. The van der Waals surface area contributed by atoms with E-state index in [1.54, 1.807) is 12.1 Å². The zero-order valence-corrected chi connectivity index (χ0v) is 17.8. The normalized spacial score (nSPS) is 19.3. The minimum Gasteiger partial charge on any atom is -0.308 e. The van der Waals surface area contributed by atoms with E-state index < -0.39 is 0 Å². The third-order valence-corrected chi connectivity index (χ3v) is 5.23. The Morgan fingerprint density at radius 3 is 2.00 bits per heavy atom. The molecule has 1 fully saturated rings. The number of nitrogens with one attached hydrogen (secondary N) is 2. The monoisotopic (exact) mass is 462 g/mol. The van der Waals surface area contributed by atoms with Gasteiger partial charge in [-0.25, -0.2) is 4.39 Å². The maximum Gasteiger partial charge on any atom is 0.123 e. The van der Waals surface area contributed by atoms with Crippen LogP contribution in [0, 0.1) is 5.82 Å². The molecule has 144 valence electrons. The van der Waals surface area contributed by atoms with Gasteiger partial charge >= 0.3 is 0 Å². The van der Waals surface area contributed by atoms with Crippen LogP contribution in [0.1, 0.15) is 36.8 Å². The summed E-state index contributed by atoms with van der Waals surface area (Å²) >= 11 is 3.47. The summed E-state index contributed by atoms with van der Waals surface area (Å²) in [5.74, 6) is -0.164. The lowest BCUT2D eigenvalue weighted by Gasteiger charge is -2.33. The predicted octanol–water partition coefficient (Wildman–Crippen LogP) is 5.62. The highest BCUT2D eigenvalue weighted by Gasteiger charge is 2.24. The second-order valence-corrected chi connectivity index (χ2v) is 7.43. The van der Waals surface area contributed by atoms with E-state index in [1.165, 1.54) is 37.3 Å². The molecule has 2 aromatic rings. The van der Waals surface area contributed by atoms with Crippen molar-refractivity contribution in [2.45, 2.75) is 50.9 Å². The molecule has 1 saturated carbocycles. The summed E-state index contributed by atoms with van der Waals surface area (Å²) in [7, 11) is 0. The molecule has 0 amide bonds. The van der Waals surface area contributed by atoms with Crippen molar-refractivity contribution in [3.63, 3.8) is 0 Å². The Morgan fingerprint density at radius 1 is 0.846 bits per heavy atom. The van der Waals surface area contributed by atoms with E-state index in [9.17, 15) is 4.39 Å². The molecule has 0 saturated heterocycles. The molecule has 2 atom stereocenters. The smallest absolute Gasteiger partial charge is 0.123 e. The highest BCUT2D eigenvalue weighted by Crippen LogP contribution is 2.20. The van der Waals surface area contributed by atoms with Gasteiger partial charge in [0.1, 0.15) is 5.82 Å². The second-order valence-electron chi connectivity index (χ2n) is 6.52. The Balaban J connectivity index is 0.00000169. The third kappa shape index (κ3) is 7.16. The van der Waals surface area contributed by atoms with Crippen LogP contribution in [0.2, 0.25) is 0 Å². The first-order valence-corrected chi connectivity index (χ1v) is 9.46. The van der Waals surface area contributed by atoms with Gasteiger partial charge in [0.25, 0.3) is 0 Å². The van der Waals surface area contributed by atoms with Crippen LogP contribution in [-0.4, -0.2) is 12.1 Å². The fourth-order valence-electron chi connectivity index (χ4n) is 3.37. The lowest BCUT2D eigenvalue weighted by molar-refractivity contribution is 0.281. The summed E-state index contributed by atoms with van der Waals surface area (Å²) < 4.78 is 14.4. The van der Waals surface area contributed by atoms with Crippen molar-refractivity contribution in [3.8, 4) is 0 Å². The van der Waals surface area contributed by atoms with Crippen LogP contribution < -0.4 is 10.6 Å². The minimum absolute atomic E-state index is 0. The average molecular weight is 464 g/mol. The van der Waals surface area contributed by atoms with E-state index in [4.69, 9.17) is 0 Å². The topological polar surface area (TPSA) is 24.1 Å². The Bertz CT molecular complexity index is 655. The first kappa shape index (κ1) is 23.4. The number of benzene rings is 2. The van der Waals surface area contributed by atoms with Crippen LogP contribution in [-0.2, 0) is 13.1 Å². The fourth-order valence-corrected chi connectivity index (χ4v) is 3.63. The molecular weight excluding hydrogens is 438 g/mol. The van der Waals surface area contributed by atoms with Crippen LogP contribution in [0.4, 0.5) is 4.39 Å². The number of hydrogen-bond donors (Lipinski definition) is 2. The van der Waals surface area contributed by atoms with Crippen LogP contribution in [0.3, 0.4) is 0 Å². The van der Waals surface area contributed by atoms with Gasteiger partial charge in [0.15, 0.2) is 0 Å². The molecular formula is C20H26BrCl2FN2. The molecule has 6 heteroatoms. The lowest BCUT2D eigenvalue weighted by Crippen LogP contribution is -2.49. The maximum absolute atomic E-state index is 13.3. The van der Waals surface area contributed by atoms with Gasteiger partial charge in [-0.2, -0.15) is 0 Å². The highest BCUT2D eigenvalue weighted by atomic mass is 79.9. The molecule has 3 rings (SSSR count). The van der Waals surface area contributed by atoms with Crippen LogP contribution in [0.25, 0.3) is 0 Å². The molecule has 0 spiro atoms. The van der Waals surface area contributed by atoms with Crippen molar-refractivity contribution in [1.82, 2.24) is 10.6 Å². The SMILES string of the molecule is Cl.Cl.Fc1cccc(CNC2CCCCC2NCc2ccc(Br)cc2)c1.